The van der Waals surface area contributed by atoms with E-state index >= 15 is 0 Å². The number of carbonyl (C=O) groups is 1. The topological polar surface area (TPSA) is 101 Å². The summed E-state index contributed by atoms with van der Waals surface area (Å²) in [6.07, 6.45) is 0. The molecule has 7 nitrogen and oxygen atoms in total. The van der Waals surface area contributed by atoms with E-state index in [4.69, 9.17) is 0 Å². The zero-order valence-corrected chi connectivity index (χ0v) is 15.6. The maximum Gasteiger partial charge on any atom is 0.263 e. The lowest BCUT2D eigenvalue weighted by Gasteiger charge is -2.10. The summed E-state index contributed by atoms with van der Waals surface area (Å²) in [5.41, 5.74) is 1.91. The van der Waals surface area contributed by atoms with Crippen molar-refractivity contribution in [3.63, 3.8) is 0 Å². The quantitative estimate of drug-likeness (QED) is 0.633. The molecule has 2 aromatic carbocycles. The van der Waals surface area contributed by atoms with Crippen molar-refractivity contribution < 1.29 is 13.2 Å². The molecule has 1 heterocycles. The van der Waals surface area contributed by atoms with E-state index in [0.29, 0.717) is 22.6 Å². The lowest BCUT2D eigenvalue weighted by Crippen LogP contribution is -2.15. The average molecular weight is 382 g/mol. The summed E-state index contributed by atoms with van der Waals surface area (Å²) in [5, 5.41) is 10.9. The first-order valence-corrected chi connectivity index (χ1v) is 9.64. The van der Waals surface area contributed by atoms with Gasteiger partial charge in [-0.15, -0.1) is 10.2 Å². The van der Waals surface area contributed by atoms with Gasteiger partial charge in [-0.3, -0.25) is 9.52 Å². The Morgan fingerprint density at radius 3 is 2.30 bits per heavy atom. The third-order valence-electron chi connectivity index (χ3n) is 3.83. The van der Waals surface area contributed by atoms with Crippen LogP contribution in [-0.2, 0) is 10.0 Å². The van der Waals surface area contributed by atoms with Gasteiger partial charge in [0.1, 0.15) is 0 Å². The van der Waals surface area contributed by atoms with Crippen LogP contribution >= 0.6 is 0 Å². The van der Waals surface area contributed by atoms with Crippen LogP contribution in [0.15, 0.2) is 65.6 Å². The molecular weight excluding hydrogens is 364 g/mol. The van der Waals surface area contributed by atoms with Gasteiger partial charge in [0, 0.05) is 11.3 Å². The molecule has 2 N–H and O–H groups in total. The molecule has 0 saturated carbocycles. The zero-order chi connectivity index (χ0) is 19.4. The van der Waals surface area contributed by atoms with E-state index in [-0.39, 0.29) is 16.5 Å². The Labute approximate surface area is 157 Å². The van der Waals surface area contributed by atoms with Gasteiger partial charge in [-0.2, -0.15) is 0 Å². The number of ketones is 1. The van der Waals surface area contributed by atoms with Gasteiger partial charge in [-0.1, -0.05) is 30.3 Å². The van der Waals surface area contributed by atoms with Crippen LogP contribution in [0.25, 0.3) is 0 Å². The lowest BCUT2D eigenvalue weighted by atomic mass is 10.1. The fourth-order valence-corrected chi connectivity index (χ4v) is 3.71. The van der Waals surface area contributed by atoms with Gasteiger partial charge in [0.2, 0.25) is 0 Å². The van der Waals surface area contributed by atoms with Crippen LogP contribution in [0.2, 0.25) is 0 Å². The third kappa shape index (κ3) is 4.48. The fraction of sp³-hybridized carbons (Fsp3) is 0.105. The van der Waals surface area contributed by atoms with Gasteiger partial charge in [-0.05, 0) is 49.7 Å². The number of carbonyl (C=O) groups excluding carboxylic acids is 1. The van der Waals surface area contributed by atoms with Crippen LogP contribution in [0, 0.1) is 6.92 Å². The average Bonchev–Trinajstić information content (AvgIpc) is 2.63. The SMILES string of the molecule is CC(=O)c1cccc(Nc2ccc(NS(=O)(=O)c3ccccc3C)nn2)c1. The van der Waals surface area contributed by atoms with E-state index in [1.165, 1.54) is 19.1 Å². The highest BCUT2D eigenvalue weighted by Crippen LogP contribution is 2.20. The molecule has 3 aromatic rings. The largest absolute Gasteiger partial charge is 0.339 e. The van der Waals surface area contributed by atoms with Crippen molar-refractivity contribution >= 4 is 33.1 Å². The second-order valence-corrected chi connectivity index (χ2v) is 7.59. The summed E-state index contributed by atoms with van der Waals surface area (Å²) in [7, 11) is -3.74. The Morgan fingerprint density at radius 1 is 0.926 bits per heavy atom. The summed E-state index contributed by atoms with van der Waals surface area (Å²) in [6.45, 7) is 3.22. The number of aromatic nitrogens is 2. The number of benzene rings is 2. The molecule has 0 aliphatic carbocycles. The zero-order valence-electron chi connectivity index (χ0n) is 14.8. The summed E-state index contributed by atoms with van der Waals surface area (Å²) in [6, 6.07) is 16.8. The van der Waals surface area contributed by atoms with Gasteiger partial charge >= 0.3 is 0 Å². The number of aryl methyl sites for hydroxylation is 1. The molecule has 0 unspecified atom stereocenters. The maximum absolute atomic E-state index is 12.5. The first kappa shape index (κ1) is 18.5. The number of rotatable bonds is 6. The molecule has 3 rings (SSSR count). The van der Waals surface area contributed by atoms with E-state index in [1.54, 1.807) is 55.5 Å². The number of hydrogen-bond acceptors (Lipinski definition) is 6. The molecule has 0 amide bonds. The Balaban J connectivity index is 1.75. The molecule has 27 heavy (non-hydrogen) atoms. The van der Waals surface area contributed by atoms with E-state index in [1.807, 2.05) is 0 Å². The molecule has 0 aliphatic heterocycles. The van der Waals surface area contributed by atoms with E-state index < -0.39 is 10.0 Å². The van der Waals surface area contributed by atoms with Crippen molar-refractivity contribution in [1.82, 2.24) is 10.2 Å². The Morgan fingerprint density at radius 2 is 1.63 bits per heavy atom. The van der Waals surface area contributed by atoms with Crippen molar-refractivity contribution in [2.24, 2.45) is 0 Å². The van der Waals surface area contributed by atoms with E-state index in [0.717, 1.165) is 0 Å². The normalized spacial score (nSPS) is 11.0. The second-order valence-electron chi connectivity index (χ2n) is 5.94. The Hall–Kier alpha value is -3.26. The number of hydrogen-bond donors (Lipinski definition) is 2. The van der Waals surface area contributed by atoms with Crippen LogP contribution in [0.1, 0.15) is 22.8 Å². The van der Waals surface area contributed by atoms with Crippen LogP contribution in [0.5, 0.6) is 0 Å². The van der Waals surface area contributed by atoms with Crippen LogP contribution in [0.3, 0.4) is 0 Å². The van der Waals surface area contributed by atoms with Gasteiger partial charge in [0.25, 0.3) is 10.0 Å². The van der Waals surface area contributed by atoms with Gasteiger partial charge in [0.05, 0.1) is 4.90 Å². The number of nitrogens with zero attached hydrogens (tertiary/aromatic N) is 2. The van der Waals surface area contributed by atoms with Crippen molar-refractivity contribution in [2.45, 2.75) is 18.7 Å². The Kier molecular flexibility index (Phi) is 5.18. The highest BCUT2D eigenvalue weighted by atomic mass is 32.2. The minimum Gasteiger partial charge on any atom is -0.339 e. The first-order valence-electron chi connectivity index (χ1n) is 8.15. The van der Waals surface area contributed by atoms with E-state index in [9.17, 15) is 13.2 Å². The third-order valence-corrected chi connectivity index (χ3v) is 5.34. The molecule has 0 saturated heterocycles. The molecule has 0 fully saturated rings. The number of sulfonamides is 1. The summed E-state index contributed by atoms with van der Waals surface area (Å²) < 4.78 is 27.4. The number of Topliss-reactive ketones (excluding diaryl/α,β-unsaturated/α-hetero) is 1. The van der Waals surface area contributed by atoms with Crippen molar-refractivity contribution in [1.29, 1.82) is 0 Å². The maximum atomic E-state index is 12.5. The van der Waals surface area contributed by atoms with Crippen molar-refractivity contribution in [2.75, 3.05) is 10.0 Å². The first-order chi connectivity index (χ1) is 12.8. The molecule has 0 spiro atoms. The molecule has 0 atom stereocenters. The van der Waals surface area contributed by atoms with Crippen LogP contribution < -0.4 is 10.0 Å². The van der Waals surface area contributed by atoms with Crippen molar-refractivity contribution in [3.8, 4) is 0 Å². The minimum absolute atomic E-state index is 0.0364. The molecule has 0 bridgehead atoms. The van der Waals surface area contributed by atoms with Crippen molar-refractivity contribution in [3.05, 3.63) is 71.8 Å². The number of nitrogens with one attached hydrogen (secondary N) is 2. The van der Waals surface area contributed by atoms with Crippen LogP contribution in [-0.4, -0.2) is 24.4 Å². The molecular formula is C19H18N4O3S. The smallest absolute Gasteiger partial charge is 0.263 e. The molecule has 138 valence electrons. The fourth-order valence-electron chi connectivity index (χ4n) is 2.47. The minimum atomic E-state index is -3.74. The molecule has 1 aromatic heterocycles. The molecule has 0 radical (unpaired) electrons. The second kappa shape index (κ2) is 7.55. The predicted octanol–water partition coefficient (Wildman–Crippen LogP) is 3.53. The van der Waals surface area contributed by atoms with E-state index in [2.05, 4.69) is 20.2 Å². The monoisotopic (exact) mass is 382 g/mol. The lowest BCUT2D eigenvalue weighted by molar-refractivity contribution is 0.101. The molecule has 0 aliphatic rings. The predicted molar refractivity (Wildman–Crippen MR) is 104 cm³/mol. The summed E-state index contributed by atoms with van der Waals surface area (Å²) in [5.74, 6) is 0.501. The van der Waals surface area contributed by atoms with Gasteiger partial charge < -0.3 is 5.32 Å². The number of anilines is 3. The highest BCUT2D eigenvalue weighted by molar-refractivity contribution is 7.92. The summed E-state index contributed by atoms with van der Waals surface area (Å²) >= 11 is 0. The highest BCUT2D eigenvalue weighted by Gasteiger charge is 2.17. The standard InChI is InChI=1S/C19H18N4O3S/c1-13-6-3-4-9-17(13)27(25,26)23-19-11-10-18(21-22-19)20-16-8-5-7-15(12-16)14(2)24/h3-12H,1-2H3,(H,20,21)(H,22,23). The van der Waals surface area contributed by atoms with Gasteiger partial charge in [-0.25, -0.2) is 8.42 Å². The summed E-state index contributed by atoms with van der Waals surface area (Å²) in [4.78, 5) is 11.6. The Bertz CT molecular complexity index is 1080. The van der Waals surface area contributed by atoms with Crippen LogP contribution in [0.4, 0.5) is 17.3 Å². The molecule has 8 heteroatoms. The van der Waals surface area contributed by atoms with Gasteiger partial charge in [0.15, 0.2) is 17.4 Å².